The number of fused-ring (bicyclic) bond motifs is 1. The Morgan fingerprint density at radius 3 is 2.69 bits per heavy atom. The van der Waals surface area contributed by atoms with Crippen LogP contribution in [0.25, 0.3) is 0 Å². The molecular formula is C16H20N2O6S2. The van der Waals surface area contributed by atoms with Gasteiger partial charge >= 0.3 is 0 Å². The molecule has 0 aromatic heterocycles. The molecule has 1 aromatic carbocycles. The van der Waals surface area contributed by atoms with Crippen molar-refractivity contribution in [1.29, 1.82) is 0 Å². The summed E-state index contributed by atoms with van der Waals surface area (Å²) in [5, 5.41) is 0.279. The standard InChI is InChI=1S/C16H20N2O6S2/c1-22-7-15(19)17-16-18(12-8-26(20,21)9-14(12)25-16)11-5-4-10(23-2)6-13(11)24-3/h4-6,12,14H,7-9H2,1-3H3/t12-,14+/m1/s1. The largest absolute Gasteiger partial charge is 0.497 e. The Morgan fingerprint density at radius 1 is 1.27 bits per heavy atom. The molecule has 1 amide bonds. The van der Waals surface area contributed by atoms with Crippen LogP contribution >= 0.6 is 11.8 Å². The third kappa shape index (κ3) is 3.67. The molecule has 2 saturated heterocycles. The number of amidine groups is 1. The van der Waals surface area contributed by atoms with E-state index in [2.05, 4.69) is 4.99 Å². The van der Waals surface area contributed by atoms with Gasteiger partial charge in [-0.1, -0.05) is 11.8 Å². The molecule has 0 spiro atoms. The first-order chi connectivity index (χ1) is 12.4. The van der Waals surface area contributed by atoms with Crippen LogP contribution in [-0.4, -0.2) is 70.2 Å². The highest BCUT2D eigenvalue weighted by molar-refractivity contribution is 8.16. The Kier molecular flexibility index (Phi) is 5.44. The van der Waals surface area contributed by atoms with Gasteiger partial charge in [-0.05, 0) is 12.1 Å². The number of carbonyl (C=O) groups is 1. The molecule has 0 unspecified atom stereocenters. The van der Waals surface area contributed by atoms with Gasteiger partial charge in [0.05, 0.1) is 37.5 Å². The first-order valence-corrected chi connectivity index (χ1v) is 10.6. The normalized spacial score (nSPS) is 25.3. The van der Waals surface area contributed by atoms with Crippen LogP contribution in [0, 0.1) is 0 Å². The minimum atomic E-state index is -3.13. The van der Waals surface area contributed by atoms with Crippen LogP contribution in [0.2, 0.25) is 0 Å². The predicted molar refractivity (Wildman–Crippen MR) is 100 cm³/mol. The highest BCUT2D eigenvalue weighted by atomic mass is 32.2. The number of ether oxygens (including phenoxy) is 3. The smallest absolute Gasteiger partial charge is 0.274 e. The second-order valence-electron chi connectivity index (χ2n) is 5.93. The highest BCUT2D eigenvalue weighted by Gasteiger charge is 2.50. The number of aliphatic imine (C=N–C) groups is 1. The number of hydrogen-bond donors (Lipinski definition) is 0. The molecule has 1 aromatic rings. The maximum Gasteiger partial charge on any atom is 0.274 e. The van der Waals surface area contributed by atoms with E-state index in [0.29, 0.717) is 22.4 Å². The summed E-state index contributed by atoms with van der Waals surface area (Å²) < 4.78 is 39.7. The molecule has 26 heavy (non-hydrogen) atoms. The highest BCUT2D eigenvalue weighted by Crippen LogP contribution is 2.44. The maximum atomic E-state index is 12.1. The lowest BCUT2D eigenvalue weighted by Crippen LogP contribution is -2.38. The molecule has 142 valence electrons. The Balaban J connectivity index is 2.05. The van der Waals surface area contributed by atoms with Gasteiger partial charge in [0, 0.05) is 18.4 Å². The first-order valence-electron chi connectivity index (χ1n) is 7.87. The topological polar surface area (TPSA) is 94.5 Å². The maximum absolute atomic E-state index is 12.1. The van der Waals surface area contributed by atoms with Crippen molar-refractivity contribution in [3.63, 3.8) is 0 Å². The number of rotatable bonds is 5. The lowest BCUT2D eigenvalue weighted by Gasteiger charge is -2.26. The Bertz CT molecular complexity index is 839. The SMILES string of the molecule is COCC(=O)N=C1S[C@H]2CS(=O)(=O)C[C@H]2N1c1ccc(OC)cc1OC. The quantitative estimate of drug-likeness (QED) is 0.721. The molecule has 2 aliphatic heterocycles. The van der Waals surface area contributed by atoms with Crippen molar-refractivity contribution in [3.8, 4) is 11.5 Å². The van der Waals surface area contributed by atoms with E-state index in [0.717, 1.165) is 0 Å². The van der Waals surface area contributed by atoms with E-state index in [1.807, 2.05) is 0 Å². The van der Waals surface area contributed by atoms with Crippen molar-refractivity contribution in [2.45, 2.75) is 11.3 Å². The predicted octanol–water partition coefficient (Wildman–Crippen LogP) is 0.952. The molecule has 10 heteroatoms. The monoisotopic (exact) mass is 400 g/mol. The Morgan fingerprint density at radius 2 is 2.04 bits per heavy atom. The van der Waals surface area contributed by atoms with Crippen LogP contribution in [-0.2, 0) is 19.4 Å². The van der Waals surface area contributed by atoms with Gasteiger partial charge in [-0.2, -0.15) is 4.99 Å². The van der Waals surface area contributed by atoms with Crippen LogP contribution in [0.4, 0.5) is 5.69 Å². The van der Waals surface area contributed by atoms with Crippen LogP contribution < -0.4 is 14.4 Å². The minimum absolute atomic E-state index is 0.0112. The van der Waals surface area contributed by atoms with Gasteiger partial charge < -0.3 is 19.1 Å². The lowest BCUT2D eigenvalue weighted by molar-refractivity contribution is -0.121. The molecule has 8 nitrogen and oxygen atoms in total. The van der Waals surface area contributed by atoms with Gasteiger partial charge in [-0.15, -0.1) is 0 Å². The van der Waals surface area contributed by atoms with Gasteiger partial charge in [0.2, 0.25) is 0 Å². The first kappa shape index (κ1) is 19.0. The third-order valence-electron chi connectivity index (χ3n) is 4.20. The summed E-state index contributed by atoms with van der Waals surface area (Å²) in [6, 6.07) is 4.95. The van der Waals surface area contributed by atoms with Crippen LogP contribution in [0.1, 0.15) is 0 Å². The molecule has 0 aliphatic carbocycles. The summed E-state index contributed by atoms with van der Waals surface area (Å²) in [6.45, 7) is -0.134. The van der Waals surface area contributed by atoms with E-state index < -0.39 is 15.7 Å². The Hall–Kier alpha value is -1.78. The van der Waals surface area contributed by atoms with Crippen molar-refractivity contribution >= 4 is 38.4 Å². The van der Waals surface area contributed by atoms with E-state index in [4.69, 9.17) is 14.2 Å². The number of sulfone groups is 1. The number of hydrogen-bond acceptors (Lipinski definition) is 7. The Labute approximate surface area is 156 Å². The zero-order valence-corrected chi connectivity index (χ0v) is 16.3. The number of thioether (sulfide) groups is 1. The molecule has 0 bridgehead atoms. The molecule has 3 rings (SSSR count). The molecule has 0 saturated carbocycles. The summed E-state index contributed by atoms with van der Waals surface area (Å²) in [5.41, 5.74) is 0.648. The van der Waals surface area contributed by atoms with Gasteiger partial charge in [0.25, 0.3) is 5.91 Å². The molecule has 0 N–H and O–H groups in total. The molecule has 2 atom stereocenters. The summed E-state index contributed by atoms with van der Waals surface area (Å²) in [6.07, 6.45) is 0. The van der Waals surface area contributed by atoms with E-state index in [1.165, 1.54) is 26.0 Å². The van der Waals surface area contributed by atoms with Crippen molar-refractivity contribution in [2.75, 3.05) is 44.3 Å². The van der Waals surface area contributed by atoms with Crippen molar-refractivity contribution < 1.29 is 27.4 Å². The van der Waals surface area contributed by atoms with Crippen LogP contribution in [0.15, 0.2) is 23.2 Å². The zero-order valence-electron chi connectivity index (χ0n) is 14.7. The number of anilines is 1. The second-order valence-corrected chi connectivity index (χ2v) is 9.29. The number of nitrogens with zero attached hydrogens (tertiary/aromatic N) is 2. The average Bonchev–Trinajstić information content (AvgIpc) is 3.05. The fourth-order valence-electron chi connectivity index (χ4n) is 3.09. The number of methoxy groups -OCH3 is 3. The van der Waals surface area contributed by atoms with Gasteiger partial charge in [0.1, 0.15) is 18.1 Å². The van der Waals surface area contributed by atoms with E-state index in [-0.39, 0.29) is 29.4 Å². The summed E-state index contributed by atoms with van der Waals surface area (Å²) >= 11 is 1.30. The molecule has 0 radical (unpaired) electrons. The second kappa shape index (κ2) is 7.45. The molecule has 2 heterocycles. The summed E-state index contributed by atoms with van der Waals surface area (Å²) in [7, 11) is 1.37. The fraction of sp³-hybridized carbons (Fsp3) is 0.500. The van der Waals surface area contributed by atoms with Crippen LogP contribution in [0.3, 0.4) is 0 Å². The van der Waals surface area contributed by atoms with E-state index >= 15 is 0 Å². The van der Waals surface area contributed by atoms with Gasteiger partial charge in [-0.25, -0.2) is 8.42 Å². The van der Waals surface area contributed by atoms with Crippen molar-refractivity contribution in [2.24, 2.45) is 4.99 Å². The lowest BCUT2D eigenvalue weighted by atomic mass is 10.2. The number of amides is 1. The van der Waals surface area contributed by atoms with Gasteiger partial charge in [-0.3, -0.25) is 4.79 Å². The molecule has 2 aliphatic rings. The molecular weight excluding hydrogens is 380 g/mol. The number of carbonyl (C=O) groups excluding carboxylic acids is 1. The number of benzene rings is 1. The fourth-order valence-corrected chi connectivity index (χ4v) is 7.02. The average molecular weight is 400 g/mol. The van der Waals surface area contributed by atoms with Gasteiger partial charge in [0.15, 0.2) is 15.0 Å². The third-order valence-corrected chi connectivity index (χ3v) is 7.41. The van der Waals surface area contributed by atoms with E-state index in [1.54, 1.807) is 30.2 Å². The molecule has 2 fully saturated rings. The summed E-state index contributed by atoms with van der Waals surface area (Å²) in [5.74, 6) is 0.783. The van der Waals surface area contributed by atoms with Crippen molar-refractivity contribution in [1.82, 2.24) is 0 Å². The van der Waals surface area contributed by atoms with Crippen LogP contribution in [0.5, 0.6) is 11.5 Å². The van der Waals surface area contributed by atoms with Crippen molar-refractivity contribution in [3.05, 3.63) is 18.2 Å². The zero-order chi connectivity index (χ0) is 18.9. The summed E-state index contributed by atoms with van der Waals surface area (Å²) in [4.78, 5) is 17.9. The minimum Gasteiger partial charge on any atom is -0.497 e. The van der Waals surface area contributed by atoms with E-state index in [9.17, 15) is 13.2 Å².